The predicted molar refractivity (Wildman–Crippen MR) is 56.6 cm³/mol. The Morgan fingerprint density at radius 2 is 2.00 bits per heavy atom. The Morgan fingerprint density at radius 1 is 1.23 bits per heavy atom. The van der Waals surface area contributed by atoms with E-state index in [1.54, 1.807) is 0 Å². The summed E-state index contributed by atoms with van der Waals surface area (Å²) in [5.41, 5.74) is 4.03. The SMILES string of the molecule is [B]c1cccc2nc(C)c(C)cc12. The lowest BCUT2D eigenvalue weighted by Crippen LogP contribution is -2.04. The first-order valence-corrected chi connectivity index (χ1v) is 4.31. The van der Waals surface area contributed by atoms with Crippen LogP contribution in [0, 0.1) is 13.8 Å². The molecule has 2 rings (SSSR count). The molecule has 0 N–H and O–H groups in total. The van der Waals surface area contributed by atoms with Crippen molar-refractivity contribution in [1.29, 1.82) is 0 Å². The molecule has 13 heavy (non-hydrogen) atoms. The third-order valence-electron chi connectivity index (χ3n) is 2.34. The number of pyridine rings is 1. The van der Waals surface area contributed by atoms with Crippen molar-refractivity contribution in [2.24, 2.45) is 0 Å². The summed E-state index contributed by atoms with van der Waals surface area (Å²) in [5.74, 6) is 0. The molecule has 0 saturated heterocycles. The molecule has 62 valence electrons. The molecule has 1 nitrogen and oxygen atoms in total. The number of aryl methyl sites for hydroxylation is 2. The fraction of sp³-hybridized carbons (Fsp3) is 0.182. The largest absolute Gasteiger partial charge is 0.253 e. The van der Waals surface area contributed by atoms with Crippen LogP contribution in [0.1, 0.15) is 11.3 Å². The molecular formula is C11H10BN. The molecule has 1 aromatic heterocycles. The van der Waals surface area contributed by atoms with Crippen molar-refractivity contribution < 1.29 is 0 Å². The smallest absolute Gasteiger partial charge is 0.114 e. The van der Waals surface area contributed by atoms with Crippen LogP contribution >= 0.6 is 0 Å². The zero-order valence-corrected chi connectivity index (χ0v) is 7.83. The van der Waals surface area contributed by atoms with Crippen LogP contribution in [0.2, 0.25) is 0 Å². The number of benzene rings is 1. The number of hydrogen-bond donors (Lipinski definition) is 0. The molecule has 2 radical (unpaired) electrons. The van der Waals surface area contributed by atoms with E-state index >= 15 is 0 Å². The second-order valence-electron chi connectivity index (χ2n) is 3.30. The van der Waals surface area contributed by atoms with Gasteiger partial charge in [0.2, 0.25) is 0 Å². The van der Waals surface area contributed by atoms with Gasteiger partial charge in [-0.05, 0) is 36.9 Å². The van der Waals surface area contributed by atoms with Gasteiger partial charge in [0.25, 0.3) is 0 Å². The molecule has 2 aromatic rings. The molecule has 0 atom stereocenters. The van der Waals surface area contributed by atoms with Crippen molar-refractivity contribution in [1.82, 2.24) is 4.98 Å². The summed E-state index contributed by atoms with van der Waals surface area (Å²) in [7, 11) is 5.84. The molecule has 0 aliphatic carbocycles. The molecule has 0 fully saturated rings. The van der Waals surface area contributed by atoms with E-state index in [9.17, 15) is 0 Å². The lowest BCUT2D eigenvalue weighted by atomic mass is 9.91. The minimum absolute atomic E-state index is 0.799. The van der Waals surface area contributed by atoms with E-state index in [0.29, 0.717) is 0 Å². The van der Waals surface area contributed by atoms with Crippen LogP contribution in [-0.4, -0.2) is 12.8 Å². The first kappa shape index (κ1) is 8.30. The van der Waals surface area contributed by atoms with Crippen LogP contribution in [0.25, 0.3) is 10.9 Å². The minimum atomic E-state index is 0.799. The predicted octanol–water partition coefficient (Wildman–Crippen LogP) is 1.65. The molecule has 0 unspecified atom stereocenters. The summed E-state index contributed by atoms with van der Waals surface area (Å²) in [6.07, 6.45) is 0. The third-order valence-corrected chi connectivity index (χ3v) is 2.34. The van der Waals surface area contributed by atoms with E-state index in [1.807, 2.05) is 32.0 Å². The van der Waals surface area contributed by atoms with Gasteiger partial charge in [-0.1, -0.05) is 17.6 Å². The average molecular weight is 167 g/mol. The normalized spacial score (nSPS) is 10.6. The minimum Gasteiger partial charge on any atom is -0.253 e. The average Bonchev–Trinajstić information content (AvgIpc) is 2.09. The quantitative estimate of drug-likeness (QED) is 0.543. The maximum atomic E-state index is 5.84. The molecule has 0 amide bonds. The molecule has 0 aliphatic heterocycles. The van der Waals surface area contributed by atoms with Crippen LogP contribution in [0.4, 0.5) is 0 Å². The van der Waals surface area contributed by atoms with Crippen LogP contribution in [0.15, 0.2) is 24.3 Å². The van der Waals surface area contributed by atoms with Crippen LogP contribution < -0.4 is 5.46 Å². The molecule has 1 aromatic carbocycles. The van der Waals surface area contributed by atoms with Crippen molar-refractivity contribution in [3.8, 4) is 0 Å². The number of fused-ring (bicyclic) bond motifs is 1. The van der Waals surface area contributed by atoms with Crippen molar-refractivity contribution >= 4 is 24.2 Å². The van der Waals surface area contributed by atoms with Crippen LogP contribution in [-0.2, 0) is 0 Å². The van der Waals surface area contributed by atoms with E-state index in [4.69, 9.17) is 7.85 Å². The molecule has 0 spiro atoms. The van der Waals surface area contributed by atoms with Crippen LogP contribution in [0.5, 0.6) is 0 Å². The fourth-order valence-corrected chi connectivity index (χ4v) is 1.41. The monoisotopic (exact) mass is 167 g/mol. The van der Waals surface area contributed by atoms with E-state index in [1.165, 1.54) is 5.56 Å². The Labute approximate surface area is 79.2 Å². The molecule has 0 bridgehead atoms. The third kappa shape index (κ3) is 1.33. The maximum Gasteiger partial charge on any atom is 0.114 e. The van der Waals surface area contributed by atoms with Gasteiger partial charge in [-0.2, -0.15) is 0 Å². The van der Waals surface area contributed by atoms with Crippen molar-refractivity contribution in [3.05, 3.63) is 35.5 Å². The van der Waals surface area contributed by atoms with E-state index in [2.05, 4.69) is 11.1 Å². The fourth-order valence-electron chi connectivity index (χ4n) is 1.41. The van der Waals surface area contributed by atoms with E-state index in [-0.39, 0.29) is 0 Å². The van der Waals surface area contributed by atoms with Gasteiger partial charge >= 0.3 is 0 Å². The Bertz CT molecular complexity index is 463. The first-order chi connectivity index (χ1) is 6.18. The second kappa shape index (κ2) is 2.88. The standard InChI is InChI=1S/C11H10BN/c1-7-6-9-10(12)4-3-5-11(9)13-8(7)2/h3-6H,1-2H3. The summed E-state index contributed by atoms with van der Waals surface area (Å²) in [5, 5.41) is 1.05. The highest BCUT2D eigenvalue weighted by atomic mass is 14.7. The van der Waals surface area contributed by atoms with E-state index in [0.717, 1.165) is 22.1 Å². The first-order valence-electron chi connectivity index (χ1n) is 4.31. The van der Waals surface area contributed by atoms with Crippen molar-refractivity contribution in [2.75, 3.05) is 0 Å². The van der Waals surface area contributed by atoms with Gasteiger partial charge in [0.1, 0.15) is 7.85 Å². The summed E-state index contributed by atoms with van der Waals surface area (Å²) in [4.78, 5) is 4.46. The highest BCUT2D eigenvalue weighted by Gasteiger charge is 2.00. The molecule has 2 heteroatoms. The van der Waals surface area contributed by atoms with Gasteiger partial charge in [0, 0.05) is 5.69 Å². The highest BCUT2D eigenvalue weighted by molar-refractivity contribution is 6.38. The molecule has 1 heterocycles. The van der Waals surface area contributed by atoms with Crippen molar-refractivity contribution in [2.45, 2.75) is 13.8 Å². The Balaban J connectivity index is 2.89. The van der Waals surface area contributed by atoms with Gasteiger partial charge in [0.05, 0.1) is 5.52 Å². The second-order valence-corrected chi connectivity index (χ2v) is 3.30. The zero-order chi connectivity index (χ0) is 9.42. The Hall–Kier alpha value is -1.31. The Kier molecular flexibility index (Phi) is 1.84. The lowest BCUT2D eigenvalue weighted by Gasteiger charge is -2.05. The summed E-state index contributed by atoms with van der Waals surface area (Å²) in [6, 6.07) is 7.91. The van der Waals surface area contributed by atoms with Gasteiger partial charge in [-0.25, -0.2) is 0 Å². The van der Waals surface area contributed by atoms with Crippen molar-refractivity contribution in [3.63, 3.8) is 0 Å². The van der Waals surface area contributed by atoms with Crippen LogP contribution in [0.3, 0.4) is 0 Å². The number of aromatic nitrogens is 1. The lowest BCUT2D eigenvalue weighted by molar-refractivity contribution is 1.20. The molecule has 0 saturated carbocycles. The highest BCUT2D eigenvalue weighted by Crippen LogP contribution is 2.13. The topological polar surface area (TPSA) is 12.9 Å². The van der Waals surface area contributed by atoms with Gasteiger partial charge in [0.15, 0.2) is 0 Å². The number of nitrogens with zero attached hydrogens (tertiary/aromatic N) is 1. The number of rotatable bonds is 0. The maximum absolute atomic E-state index is 5.84. The Morgan fingerprint density at radius 3 is 2.77 bits per heavy atom. The van der Waals surface area contributed by atoms with E-state index < -0.39 is 0 Å². The summed E-state index contributed by atoms with van der Waals surface area (Å²) >= 11 is 0. The zero-order valence-electron chi connectivity index (χ0n) is 7.83. The summed E-state index contributed by atoms with van der Waals surface area (Å²) in [6.45, 7) is 4.06. The summed E-state index contributed by atoms with van der Waals surface area (Å²) < 4.78 is 0. The molecule has 0 aliphatic rings. The van der Waals surface area contributed by atoms with Gasteiger partial charge in [-0.15, -0.1) is 0 Å². The molecular weight excluding hydrogens is 157 g/mol. The van der Waals surface area contributed by atoms with Gasteiger partial charge in [-0.3, -0.25) is 4.98 Å². The number of hydrogen-bond acceptors (Lipinski definition) is 1. The van der Waals surface area contributed by atoms with Gasteiger partial charge < -0.3 is 0 Å².